The van der Waals surface area contributed by atoms with Crippen LogP contribution in [0.2, 0.25) is 0 Å². The minimum atomic E-state index is 0.945. The minimum absolute atomic E-state index is 0.945. The third kappa shape index (κ3) is 1.39. The maximum Gasteiger partial charge on any atom is 0.0379 e. The number of aromatic nitrogens is 1. The average molecular weight is 118 g/mol. The predicted octanol–water partition coefficient (Wildman–Crippen LogP) is 1.83. The van der Waals surface area contributed by atoms with Crippen LogP contribution in [0.4, 0.5) is 0 Å². The zero-order valence-corrected chi connectivity index (χ0v) is 5.39. The monoisotopic (exact) mass is 118 g/mol. The van der Waals surface area contributed by atoms with Gasteiger partial charge in [-0.2, -0.15) is 0 Å². The zero-order chi connectivity index (χ0) is 6.69. The first-order valence-corrected chi connectivity index (χ1v) is 2.79. The molecular weight excluding hydrogens is 110 g/mol. The van der Waals surface area contributed by atoms with E-state index in [1.54, 1.807) is 12.3 Å². The highest BCUT2D eigenvalue weighted by atomic mass is 14.6. The topological polar surface area (TPSA) is 12.9 Å². The molecule has 0 amide bonds. The number of hydrogen-bond donors (Lipinski definition) is 0. The highest BCUT2D eigenvalue weighted by molar-refractivity contribution is 5.43. The first-order chi connectivity index (χ1) is 4.33. The number of rotatable bonds is 1. The Balaban J connectivity index is 3.01. The quantitative estimate of drug-likeness (QED) is 0.548. The van der Waals surface area contributed by atoms with Gasteiger partial charge in [-0.25, -0.2) is 0 Å². The Labute approximate surface area is 55.1 Å². The molecule has 0 aliphatic rings. The molecule has 45 valence electrons. The number of nitrogens with zero attached hydrogens (tertiary/aromatic N) is 1. The van der Waals surface area contributed by atoms with E-state index in [0.29, 0.717) is 0 Å². The molecule has 0 aliphatic carbocycles. The number of hydrogen-bond acceptors (Lipinski definition) is 1. The van der Waals surface area contributed by atoms with Crippen LogP contribution < -0.4 is 0 Å². The van der Waals surface area contributed by atoms with Crippen molar-refractivity contribution in [3.63, 3.8) is 0 Å². The van der Waals surface area contributed by atoms with Gasteiger partial charge < -0.3 is 0 Å². The first-order valence-electron chi connectivity index (χ1n) is 2.79. The average Bonchev–Trinajstić information content (AvgIpc) is 1.90. The molecule has 1 heterocycles. The van der Waals surface area contributed by atoms with E-state index in [4.69, 9.17) is 0 Å². The summed E-state index contributed by atoms with van der Waals surface area (Å²) in [5.74, 6) is 0. The van der Waals surface area contributed by atoms with Gasteiger partial charge in [0, 0.05) is 17.5 Å². The lowest BCUT2D eigenvalue weighted by atomic mass is 10.2. The first kappa shape index (κ1) is 6.02. The second-order valence-corrected chi connectivity index (χ2v) is 1.85. The SMILES string of the molecule is C=Cc1[c]cc(C)nc1. The summed E-state index contributed by atoms with van der Waals surface area (Å²) in [5.41, 5.74) is 1.93. The van der Waals surface area contributed by atoms with Gasteiger partial charge in [-0.15, -0.1) is 0 Å². The summed E-state index contributed by atoms with van der Waals surface area (Å²) in [5, 5.41) is 0. The van der Waals surface area contributed by atoms with E-state index < -0.39 is 0 Å². The van der Waals surface area contributed by atoms with Crippen molar-refractivity contribution >= 4 is 6.08 Å². The van der Waals surface area contributed by atoms with Crippen molar-refractivity contribution in [2.24, 2.45) is 0 Å². The molecule has 1 rings (SSSR count). The van der Waals surface area contributed by atoms with E-state index >= 15 is 0 Å². The van der Waals surface area contributed by atoms with E-state index in [1.807, 2.05) is 13.0 Å². The summed E-state index contributed by atoms with van der Waals surface area (Å²) in [6.45, 7) is 5.52. The summed E-state index contributed by atoms with van der Waals surface area (Å²) in [4.78, 5) is 4.05. The fraction of sp³-hybridized carbons (Fsp3) is 0.125. The van der Waals surface area contributed by atoms with Crippen LogP contribution in [0.5, 0.6) is 0 Å². The molecule has 1 radical (unpaired) electrons. The Bertz CT molecular complexity index is 198. The largest absolute Gasteiger partial charge is 0.261 e. The lowest BCUT2D eigenvalue weighted by molar-refractivity contribution is 1.19. The maximum absolute atomic E-state index is 4.05. The van der Waals surface area contributed by atoms with Crippen molar-refractivity contribution in [2.45, 2.75) is 6.92 Å². The lowest BCUT2D eigenvalue weighted by Gasteiger charge is -1.89. The summed E-state index contributed by atoms with van der Waals surface area (Å²) >= 11 is 0. The van der Waals surface area contributed by atoms with Gasteiger partial charge in [0.25, 0.3) is 0 Å². The molecule has 1 aromatic heterocycles. The van der Waals surface area contributed by atoms with Crippen molar-refractivity contribution in [2.75, 3.05) is 0 Å². The van der Waals surface area contributed by atoms with Crippen LogP contribution >= 0.6 is 0 Å². The molecule has 0 atom stereocenters. The molecule has 0 N–H and O–H groups in total. The van der Waals surface area contributed by atoms with Crippen molar-refractivity contribution in [1.82, 2.24) is 4.98 Å². The molecule has 9 heavy (non-hydrogen) atoms. The summed E-state index contributed by atoms with van der Waals surface area (Å²) in [6.07, 6.45) is 3.48. The molecule has 0 unspecified atom stereocenters. The third-order valence-corrected chi connectivity index (χ3v) is 1.07. The highest BCUT2D eigenvalue weighted by Gasteiger charge is 1.84. The minimum Gasteiger partial charge on any atom is -0.261 e. The Morgan fingerprint density at radius 2 is 2.56 bits per heavy atom. The van der Waals surface area contributed by atoms with Crippen LogP contribution in [0.3, 0.4) is 0 Å². The van der Waals surface area contributed by atoms with Crippen LogP contribution in [0.15, 0.2) is 18.8 Å². The lowest BCUT2D eigenvalue weighted by Crippen LogP contribution is -1.79. The van der Waals surface area contributed by atoms with Gasteiger partial charge in [-0.05, 0) is 19.1 Å². The highest BCUT2D eigenvalue weighted by Crippen LogP contribution is 1.97. The summed E-state index contributed by atoms with van der Waals surface area (Å²) in [6, 6.07) is 4.85. The maximum atomic E-state index is 4.05. The Hall–Kier alpha value is -1.11. The molecule has 1 aromatic rings. The molecule has 0 bridgehead atoms. The van der Waals surface area contributed by atoms with Crippen LogP contribution in [0.1, 0.15) is 11.3 Å². The fourth-order valence-electron chi connectivity index (χ4n) is 0.545. The molecule has 1 heteroatoms. The van der Waals surface area contributed by atoms with Crippen molar-refractivity contribution < 1.29 is 0 Å². The van der Waals surface area contributed by atoms with Crippen molar-refractivity contribution in [3.8, 4) is 0 Å². The van der Waals surface area contributed by atoms with E-state index in [2.05, 4.69) is 17.6 Å². The Kier molecular flexibility index (Phi) is 1.63. The Morgan fingerprint density at radius 1 is 1.78 bits per heavy atom. The van der Waals surface area contributed by atoms with E-state index in [-0.39, 0.29) is 0 Å². The van der Waals surface area contributed by atoms with Crippen LogP contribution in [-0.2, 0) is 0 Å². The van der Waals surface area contributed by atoms with Gasteiger partial charge in [0.1, 0.15) is 0 Å². The standard InChI is InChI=1S/C8H8N/c1-3-8-5-4-7(2)9-6-8/h3-4,6H,1H2,2H3. The molecule has 0 saturated heterocycles. The molecule has 1 nitrogen and oxygen atoms in total. The van der Waals surface area contributed by atoms with Crippen molar-refractivity contribution in [3.05, 3.63) is 36.2 Å². The Morgan fingerprint density at radius 3 is 3.00 bits per heavy atom. The van der Waals surface area contributed by atoms with Crippen LogP contribution in [-0.4, -0.2) is 4.98 Å². The van der Waals surface area contributed by atoms with Crippen molar-refractivity contribution in [1.29, 1.82) is 0 Å². The second kappa shape index (κ2) is 2.44. The second-order valence-electron chi connectivity index (χ2n) is 1.85. The van der Waals surface area contributed by atoms with E-state index in [1.165, 1.54) is 0 Å². The molecular formula is C8H8N. The number of pyridine rings is 1. The molecule has 0 saturated carbocycles. The van der Waals surface area contributed by atoms with Gasteiger partial charge in [0.2, 0.25) is 0 Å². The van der Waals surface area contributed by atoms with Gasteiger partial charge in [0.15, 0.2) is 0 Å². The summed E-state index contributed by atoms with van der Waals surface area (Å²) in [7, 11) is 0. The third-order valence-electron chi connectivity index (χ3n) is 1.07. The van der Waals surface area contributed by atoms with Gasteiger partial charge in [0.05, 0.1) is 0 Å². The smallest absolute Gasteiger partial charge is 0.0379 e. The number of aryl methyl sites for hydroxylation is 1. The normalized spacial score (nSPS) is 9.00. The van der Waals surface area contributed by atoms with E-state index in [0.717, 1.165) is 11.3 Å². The fourth-order valence-corrected chi connectivity index (χ4v) is 0.545. The van der Waals surface area contributed by atoms with Gasteiger partial charge in [-0.3, -0.25) is 4.98 Å². The van der Waals surface area contributed by atoms with E-state index in [9.17, 15) is 0 Å². The zero-order valence-electron chi connectivity index (χ0n) is 5.39. The van der Waals surface area contributed by atoms with Crippen LogP contribution in [0.25, 0.3) is 6.08 Å². The van der Waals surface area contributed by atoms with Gasteiger partial charge >= 0.3 is 0 Å². The predicted molar refractivity (Wildman–Crippen MR) is 37.9 cm³/mol. The molecule has 0 spiro atoms. The van der Waals surface area contributed by atoms with Crippen LogP contribution in [0, 0.1) is 13.0 Å². The molecule has 0 fully saturated rings. The summed E-state index contributed by atoms with van der Waals surface area (Å²) < 4.78 is 0. The molecule has 0 aliphatic heterocycles. The molecule has 0 aromatic carbocycles. The van der Waals surface area contributed by atoms with Gasteiger partial charge in [-0.1, -0.05) is 12.7 Å².